The topological polar surface area (TPSA) is 64.3 Å². The Kier molecular flexibility index (Phi) is 4.33. The Hall–Kier alpha value is -2.27. The molecule has 0 aliphatic heterocycles. The molecule has 0 amide bonds. The van der Waals surface area contributed by atoms with Gasteiger partial charge < -0.3 is 15.8 Å². The fourth-order valence-corrected chi connectivity index (χ4v) is 2.11. The van der Waals surface area contributed by atoms with E-state index in [9.17, 15) is 9.18 Å². The largest absolute Gasteiger partial charge is 0.465 e. The number of carbonyl (C=O) groups excluding carboxylic acids is 1. The summed E-state index contributed by atoms with van der Waals surface area (Å²) in [4.78, 5) is 11.7. The average Bonchev–Trinajstić information content (AvgIpc) is 2.44. The summed E-state index contributed by atoms with van der Waals surface area (Å²) in [5.41, 5.74) is 8.34. The van der Waals surface area contributed by atoms with Gasteiger partial charge in [0.25, 0.3) is 0 Å². The Morgan fingerprint density at radius 2 is 2.05 bits per heavy atom. The monoisotopic (exact) mass is 308 g/mol. The lowest BCUT2D eigenvalue weighted by molar-refractivity contribution is 0.0602. The first-order valence-corrected chi connectivity index (χ1v) is 6.50. The number of nitrogen functional groups attached to an aromatic ring is 1. The molecule has 0 aromatic heterocycles. The molecule has 0 radical (unpaired) electrons. The summed E-state index contributed by atoms with van der Waals surface area (Å²) in [5.74, 6) is -0.946. The number of ether oxygens (including phenoxy) is 1. The highest BCUT2D eigenvalue weighted by Gasteiger charge is 2.14. The minimum Gasteiger partial charge on any atom is -0.465 e. The summed E-state index contributed by atoms with van der Waals surface area (Å²) < 4.78 is 17.7. The van der Waals surface area contributed by atoms with Crippen molar-refractivity contribution in [1.29, 1.82) is 0 Å². The smallest absolute Gasteiger partial charge is 0.340 e. The molecule has 4 nitrogen and oxygen atoms in total. The third-order valence-electron chi connectivity index (χ3n) is 3.00. The molecule has 6 heteroatoms. The van der Waals surface area contributed by atoms with Crippen LogP contribution in [0.5, 0.6) is 0 Å². The van der Waals surface area contributed by atoms with E-state index in [4.69, 9.17) is 22.1 Å². The summed E-state index contributed by atoms with van der Waals surface area (Å²) in [6.07, 6.45) is 0. The zero-order valence-electron chi connectivity index (χ0n) is 11.5. The van der Waals surface area contributed by atoms with E-state index in [-0.39, 0.29) is 10.6 Å². The maximum absolute atomic E-state index is 13.0. The molecule has 3 N–H and O–H groups in total. The second-order valence-electron chi connectivity index (χ2n) is 4.50. The van der Waals surface area contributed by atoms with Crippen LogP contribution in [0.4, 0.5) is 21.5 Å². The highest BCUT2D eigenvalue weighted by atomic mass is 35.5. The van der Waals surface area contributed by atoms with Crippen LogP contribution in [0, 0.1) is 12.7 Å². The van der Waals surface area contributed by atoms with Crippen LogP contribution in [0.3, 0.4) is 0 Å². The van der Waals surface area contributed by atoms with Crippen molar-refractivity contribution in [3.8, 4) is 0 Å². The van der Waals surface area contributed by atoms with Crippen LogP contribution in [-0.4, -0.2) is 13.1 Å². The molecule has 110 valence electrons. The zero-order chi connectivity index (χ0) is 15.6. The van der Waals surface area contributed by atoms with Gasteiger partial charge in [-0.15, -0.1) is 0 Å². The Morgan fingerprint density at radius 1 is 1.33 bits per heavy atom. The predicted molar refractivity (Wildman–Crippen MR) is 81.6 cm³/mol. The maximum Gasteiger partial charge on any atom is 0.340 e. The van der Waals surface area contributed by atoms with Crippen LogP contribution < -0.4 is 11.1 Å². The molecule has 0 bridgehead atoms. The summed E-state index contributed by atoms with van der Waals surface area (Å²) in [6, 6.07) is 7.34. The molecule has 0 aliphatic carbocycles. The molecule has 2 rings (SSSR count). The summed E-state index contributed by atoms with van der Waals surface area (Å²) in [7, 11) is 1.29. The quantitative estimate of drug-likeness (QED) is 0.666. The molecular formula is C15H14ClFN2O2. The van der Waals surface area contributed by atoms with Crippen LogP contribution in [0.15, 0.2) is 30.3 Å². The van der Waals surface area contributed by atoms with Crippen LogP contribution >= 0.6 is 11.6 Å². The van der Waals surface area contributed by atoms with E-state index in [2.05, 4.69) is 5.32 Å². The van der Waals surface area contributed by atoms with Crippen LogP contribution in [-0.2, 0) is 4.74 Å². The highest BCUT2D eigenvalue weighted by molar-refractivity contribution is 6.33. The number of aryl methyl sites for hydroxylation is 1. The van der Waals surface area contributed by atoms with Crippen LogP contribution in [0.1, 0.15) is 15.9 Å². The number of methoxy groups -OCH3 is 1. The van der Waals surface area contributed by atoms with Crippen molar-refractivity contribution < 1.29 is 13.9 Å². The first-order chi connectivity index (χ1) is 9.92. The van der Waals surface area contributed by atoms with E-state index in [1.165, 1.54) is 25.3 Å². The van der Waals surface area contributed by atoms with Gasteiger partial charge in [0.05, 0.1) is 23.4 Å². The maximum atomic E-state index is 13.0. The van der Waals surface area contributed by atoms with Crippen molar-refractivity contribution in [3.05, 3.63) is 52.3 Å². The lowest BCUT2D eigenvalue weighted by Gasteiger charge is -2.13. The number of carbonyl (C=O) groups is 1. The van der Waals surface area contributed by atoms with Crippen LogP contribution in [0.25, 0.3) is 0 Å². The van der Waals surface area contributed by atoms with Crippen molar-refractivity contribution in [3.63, 3.8) is 0 Å². The molecule has 0 aliphatic rings. The minimum atomic E-state index is -0.524. The highest BCUT2D eigenvalue weighted by Crippen LogP contribution is 2.29. The second-order valence-corrected chi connectivity index (χ2v) is 4.90. The first-order valence-electron chi connectivity index (χ1n) is 6.13. The SMILES string of the molecule is COC(=O)c1cc(Nc2ccc(F)cc2Cl)cc(C)c1N. The van der Waals surface area contributed by atoms with E-state index in [1.54, 1.807) is 19.1 Å². The van der Waals surface area contributed by atoms with Crippen molar-refractivity contribution in [2.24, 2.45) is 0 Å². The molecule has 2 aromatic rings. The lowest BCUT2D eigenvalue weighted by atomic mass is 10.1. The Balaban J connectivity index is 2.40. The fraction of sp³-hybridized carbons (Fsp3) is 0.133. The standard InChI is InChI=1S/C15H14ClFN2O2/c1-8-5-10(7-11(14(8)18)15(20)21-2)19-13-4-3-9(17)6-12(13)16/h3-7,19H,18H2,1-2H3. The molecule has 0 heterocycles. The lowest BCUT2D eigenvalue weighted by Crippen LogP contribution is -2.08. The van der Waals surface area contributed by atoms with E-state index in [1.807, 2.05) is 0 Å². The van der Waals surface area contributed by atoms with E-state index >= 15 is 0 Å². The van der Waals surface area contributed by atoms with Crippen molar-refractivity contribution in [2.45, 2.75) is 6.92 Å². The van der Waals surface area contributed by atoms with Crippen molar-refractivity contribution >= 4 is 34.6 Å². The molecule has 0 saturated heterocycles. The number of hydrogen-bond acceptors (Lipinski definition) is 4. The molecule has 0 unspecified atom stereocenters. The summed E-state index contributed by atoms with van der Waals surface area (Å²) in [6.45, 7) is 1.78. The number of hydrogen-bond donors (Lipinski definition) is 2. The molecule has 0 fully saturated rings. The number of rotatable bonds is 3. The fourth-order valence-electron chi connectivity index (χ4n) is 1.90. The number of benzene rings is 2. The predicted octanol–water partition coefficient (Wildman–Crippen LogP) is 3.90. The second kappa shape index (κ2) is 6.01. The third-order valence-corrected chi connectivity index (χ3v) is 3.32. The third kappa shape index (κ3) is 3.25. The molecule has 0 atom stereocenters. The van der Waals surface area contributed by atoms with Gasteiger partial charge in [0.1, 0.15) is 5.82 Å². The molecule has 0 saturated carbocycles. The van der Waals surface area contributed by atoms with Gasteiger partial charge in [-0.1, -0.05) is 11.6 Å². The Morgan fingerprint density at radius 3 is 2.67 bits per heavy atom. The van der Waals surface area contributed by atoms with E-state index in [0.717, 1.165) is 5.56 Å². The minimum absolute atomic E-state index is 0.240. The van der Waals surface area contributed by atoms with Gasteiger partial charge in [-0.3, -0.25) is 0 Å². The Bertz CT molecular complexity index is 704. The average molecular weight is 309 g/mol. The van der Waals surface area contributed by atoms with E-state index < -0.39 is 11.8 Å². The van der Waals surface area contributed by atoms with Crippen LogP contribution in [0.2, 0.25) is 5.02 Å². The molecule has 21 heavy (non-hydrogen) atoms. The molecule has 0 spiro atoms. The van der Waals surface area contributed by atoms with Gasteiger partial charge in [0, 0.05) is 11.4 Å². The van der Waals surface area contributed by atoms with Gasteiger partial charge in [-0.05, 0) is 42.8 Å². The number of nitrogens with one attached hydrogen (secondary N) is 1. The first kappa shape index (κ1) is 15.1. The number of halogens is 2. The van der Waals surface area contributed by atoms with Crippen molar-refractivity contribution in [2.75, 3.05) is 18.2 Å². The summed E-state index contributed by atoms with van der Waals surface area (Å²) in [5, 5.41) is 3.26. The van der Waals surface area contributed by atoms with Gasteiger partial charge >= 0.3 is 5.97 Å². The zero-order valence-corrected chi connectivity index (χ0v) is 12.3. The number of anilines is 3. The normalized spacial score (nSPS) is 10.3. The number of esters is 1. The molecule has 2 aromatic carbocycles. The van der Waals surface area contributed by atoms with E-state index in [0.29, 0.717) is 17.1 Å². The van der Waals surface area contributed by atoms with Gasteiger partial charge in [0.2, 0.25) is 0 Å². The molecular weight excluding hydrogens is 295 g/mol. The number of nitrogens with two attached hydrogens (primary N) is 1. The van der Waals surface area contributed by atoms with Crippen molar-refractivity contribution in [1.82, 2.24) is 0 Å². The Labute approximate surface area is 126 Å². The summed E-state index contributed by atoms with van der Waals surface area (Å²) >= 11 is 5.96. The van der Waals surface area contributed by atoms with Gasteiger partial charge in [-0.2, -0.15) is 0 Å². The van der Waals surface area contributed by atoms with Gasteiger partial charge in [-0.25, -0.2) is 9.18 Å². The van der Waals surface area contributed by atoms with Gasteiger partial charge in [0.15, 0.2) is 0 Å².